The van der Waals surface area contributed by atoms with E-state index in [9.17, 15) is 0 Å². The number of aromatic nitrogens is 2. The van der Waals surface area contributed by atoms with E-state index >= 15 is 0 Å². The van der Waals surface area contributed by atoms with Gasteiger partial charge in [-0.15, -0.1) is 0 Å². The van der Waals surface area contributed by atoms with Crippen LogP contribution in [-0.4, -0.2) is 16.3 Å². The Morgan fingerprint density at radius 2 is 1.70 bits per heavy atom. The minimum absolute atomic E-state index is 0.432. The van der Waals surface area contributed by atoms with Crippen molar-refractivity contribution in [3.63, 3.8) is 0 Å². The van der Waals surface area contributed by atoms with Crippen molar-refractivity contribution in [2.75, 3.05) is 6.54 Å². The van der Waals surface area contributed by atoms with E-state index in [1.165, 1.54) is 63.5 Å². The van der Waals surface area contributed by atoms with E-state index in [2.05, 4.69) is 30.3 Å². The maximum absolute atomic E-state index is 4.53. The summed E-state index contributed by atoms with van der Waals surface area (Å²) in [5, 5.41) is 8.09. The summed E-state index contributed by atoms with van der Waals surface area (Å²) in [7, 11) is 1.99. The smallest absolute Gasteiger partial charge is 0.0793 e. The van der Waals surface area contributed by atoms with Gasteiger partial charge in [-0.2, -0.15) is 5.10 Å². The number of nitrogens with zero attached hydrogens (tertiary/aromatic N) is 2. The molecule has 0 fully saturated rings. The molecule has 0 spiro atoms. The van der Waals surface area contributed by atoms with E-state index in [1.807, 2.05) is 17.9 Å². The van der Waals surface area contributed by atoms with E-state index in [-0.39, 0.29) is 0 Å². The molecule has 1 rings (SSSR count). The van der Waals surface area contributed by atoms with Crippen LogP contribution in [0.3, 0.4) is 0 Å². The van der Waals surface area contributed by atoms with Gasteiger partial charge >= 0.3 is 0 Å². The molecule has 0 aromatic carbocycles. The first kappa shape index (κ1) is 17.2. The first-order valence-electron chi connectivity index (χ1n) is 8.50. The van der Waals surface area contributed by atoms with E-state index in [4.69, 9.17) is 0 Å². The number of hydrogen-bond acceptors (Lipinski definition) is 2. The lowest BCUT2D eigenvalue weighted by Gasteiger charge is -2.15. The Morgan fingerprint density at radius 3 is 2.25 bits per heavy atom. The van der Waals surface area contributed by atoms with E-state index in [0.29, 0.717) is 6.04 Å². The highest BCUT2D eigenvalue weighted by atomic mass is 15.3. The molecule has 0 bridgehead atoms. The standard InChI is InChI=1S/C17H33N3/c1-4-6-7-8-9-10-11-12-13-16(18-5-2)17-14-15-20(3)19-17/h14-16,18H,4-13H2,1-3H3. The lowest BCUT2D eigenvalue weighted by atomic mass is 10.0. The summed E-state index contributed by atoms with van der Waals surface area (Å²) in [6, 6.07) is 2.57. The van der Waals surface area contributed by atoms with Gasteiger partial charge in [0.2, 0.25) is 0 Å². The molecule has 0 radical (unpaired) electrons. The fourth-order valence-corrected chi connectivity index (χ4v) is 2.70. The molecule has 1 unspecified atom stereocenters. The number of hydrogen-bond donors (Lipinski definition) is 1. The number of aryl methyl sites for hydroxylation is 1. The Labute approximate surface area is 125 Å². The monoisotopic (exact) mass is 279 g/mol. The third-order valence-corrected chi connectivity index (χ3v) is 3.89. The second-order valence-electron chi connectivity index (χ2n) is 5.79. The zero-order chi connectivity index (χ0) is 14.6. The van der Waals surface area contributed by atoms with Crippen molar-refractivity contribution < 1.29 is 0 Å². The molecule has 0 amide bonds. The summed E-state index contributed by atoms with van der Waals surface area (Å²) >= 11 is 0. The van der Waals surface area contributed by atoms with Gasteiger partial charge in [-0.3, -0.25) is 4.68 Å². The van der Waals surface area contributed by atoms with E-state index in [0.717, 1.165) is 6.54 Å². The summed E-state index contributed by atoms with van der Waals surface area (Å²) < 4.78 is 1.90. The van der Waals surface area contributed by atoms with Crippen molar-refractivity contribution in [3.8, 4) is 0 Å². The predicted molar refractivity (Wildman–Crippen MR) is 86.9 cm³/mol. The van der Waals surface area contributed by atoms with Crippen molar-refractivity contribution in [1.29, 1.82) is 0 Å². The third kappa shape index (κ3) is 7.09. The van der Waals surface area contributed by atoms with Gasteiger partial charge in [-0.05, 0) is 19.0 Å². The summed E-state index contributed by atoms with van der Waals surface area (Å²) in [5.74, 6) is 0. The fraction of sp³-hybridized carbons (Fsp3) is 0.824. The molecular weight excluding hydrogens is 246 g/mol. The summed E-state index contributed by atoms with van der Waals surface area (Å²) in [6.07, 6.45) is 14.3. The summed E-state index contributed by atoms with van der Waals surface area (Å²) in [6.45, 7) is 5.46. The minimum Gasteiger partial charge on any atom is -0.309 e. The van der Waals surface area contributed by atoms with Crippen LogP contribution < -0.4 is 5.32 Å². The Balaban J connectivity index is 2.14. The molecule has 116 valence electrons. The topological polar surface area (TPSA) is 29.9 Å². The van der Waals surface area contributed by atoms with E-state index < -0.39 is 0 Å². The molecule has 1 aromatic rings. The lowest BCUT2D eigenvalue weighted by Crippen LogP contribution is -2.21. The zero-order valence-electron chi connectivity index (χ0n) is 13.7. The predicted octanol–water partition coefficient (Wildman–Crippen LogP) is 4.60. The highest BCUT2D eigenvalue weighted by Gasteiger charge is 2.12. The van der Waals surface area contributed by atoms with Gasteiger partial charge in [0.25, 0.3) is 0 Å². The molecule has 1 atom stereocenters. The Hall–Kier alpha value is -0.830. The van der Waals surface area contributed by atoms with Crippen LogP contribution >= 0.6 is 0 Å². The quantitative estimate of drug-likeness (QED) is 0.567. The molecule has 0 saturated heterocycles. The molecule has 0 aliphatic heterocycles. The van der Waals surface area contributed by atoms with Gasteiger partial charge in [0.1, 0.15) is 0 Å². The van der Waals surface area contributed by atoms with Crippen LogP contribution in [0.5, 0.6) is 0 Å². The van der Waals surface area contributed by atoms with Gasteiger partial charge in [-0.25, -0.2) is 0 Å². The molecule has 0 saturated carbocycles. The first-order valence-corrected chi connectivity index (χ1v) is 8.50. The van der Waals surface area contributed by atoms with Crippen molar-refractivity contribution in [2.24, 2.45) is 7.05 Å². The SMILES string of the molecule is CCCCCCCCCCC(NCC)c1ccn(C)n1. The highest BCUT2D eigenvalue weighted by Crippen LogP contribution is 2.19. The first-order chi connectivity index (χ1) is 9.77. The van der Waals surface area contributed by atoms with E-state index in [1.54, 1.807) is 0 Å². The second-order valence-corrected chi connectivity index (χ2v) is 5.79. The normalized spacial score (nSPS) is 12.8. The van der Waals surface area contributed by atoms with Gasteiger partial charge < -0.3 is 5.32 Å². The van der Waals surface area contributed by atoms with Crippen molar-refractivity contribution in [2.45, 2.75) is 77.7 Å². The maximum Gasteiger partial charge on any atom is 0.0793 e. The summed E-state index contributed by atoms with van der Waals surface area (Å²) in [5.41, 5.74) is 1.19. The van der Waals surface area contributed by atoms with Crippen molar-refractivity contribution >= 4 is 0 Å². The zero-order valence-corrected chi connectivity index (χ0v) is 13.7. The fourth-order valence-electron chi connectivity index (χ4n) is 2.70. The second kappa shape index (κ2) is 10.9. The van der Waals surface area contributed by atoms with Gasteiger partial charge in [0.15, 0.2) is 0 Å². The third-order valence-electron chi connectivity index (χ3n) is 3.89. The van der Waals surface area contributed by atoms with Crippen LogP contribution in [0.2, 0.25) is 0 Å². The molecular formula is C17H33N3. The molecule has 1 heterocycles. The van der Waals surface area contributed by atoms with Gasteiger partial charge in [0, 0.05) is 13.2 Å². The molecule has 1 aromatic heterocycles. The molecule has 0 aliphatic rings. The minimum atomic E-state index is 0.432. The molecule has 1 N–H and O–H groups in total. The molecule has 20 heavy (non-hydrogen) atoms. The Morgan fingerprint density at radius 1 is 1.05 bits per heavy atom. The Kier molecular flexibility index (Phi) is 9.38. The van der Waals surface area contributed by atoms with Gasteiger partial charge in [-0.1, -0.05) is 65.2 Å². The van der Waals surface area contributed by atoms with Crippen LogP contribution in [0.25, 0.3) is 0 Å². The van der Waals surface area contributed by atoms with Crippen molar-refractivity contribution in [1.82, 2.24) is 15.1 Å². The largest absolute Gasteiger partial charge is 0.309 e. The number of unbranched alkanes of at least 4 members (excludes halogenated alkanes) is 7. The maximum atomic E-state index is 4.53. The van der Waals surface area contributed by atoms with Crippen molar-refractivity contribution in [3.05, 3.63) is 18.0 Å². The average molecular weight is 279 g/mol. The molecule has 3 nitrogen and oxygen atoms in total. The number of rotatable bonds is 12. The molecule has 0 aliphatic carbocycles. The van der Waals surface area contributed by atoms with Gasteiger partial charge in [0.05, 0.1) is 11.7 Å². The van der Waals surface area contributed by atoms with Crippen LogP contribution in [-0.2, 0) is 7.05 Å². The summed E-state index contributed by atoms with van der Waals surface area (Å²) in [4.78, 5) is 0. The van der Waals surface area contributed by atoms with Crippen LogP contribution in [0.4, 0.5) is 0 Å². The van der Waals surface area contributed by atoms with Crippen LogP contribution in [0.15, 0.2) is 12.3 Å². The average Bonchev–Trinajstić information content (AvgIpc) is 2.87. The molecule has 3 heteroatoms. The highest BCUT2D eigenvalue weighted by molar-refractivity contribution is 5.05. The van der Waals surface area contributed by atoms with Crippen LogP contribution in [0, 0.1) is 0 Å². The lowest BCUT2D eigenvalue weighted by molar-refractivity contribution is 0.463. The number of nitrogens with one attached hydrogen (secondary N) is 1. The van der Waals surface area contributed by atoms with Crippen LogP contribution in [0.1, 0.15) is 83.4 Å². The Bertz CT molecular complexity index is 333.